The number of hydrogen-bond donors (Lipinski definition) is 4. The van der Waals surface area contributed by atoms with Crippen molar-refractivity contribution in [3.63, 3.8) is 0 Å². The monoisotopic (exact) mass is 427 g/mol. The molecule has 4 rings (SSSR count). The van der Waals surface area contributed by atoms with Gasteiger partial charge in [0, 0.05) is 28.7 Å². The SMILES string of the molecule is O=C(NCc1cc(-c2ccccc2)no1)Nc1cccc(NC(=O)Nc2ccccc2)c1. The van der Waals surface area contributed by atoms with Gasteiger partial charge in [-0.1, -0.05) is 59.8 Å². The van der Waals surface area contributed by atoms with Crippen molar-refractivity contribution in [2.75, 3.05) is 16.0 Å². The summed E-state index contributed by atoms with van der Waals surface area (Å²) >= 11 is 0. The fourth-order valence-corrected chi connectivity index (χ4v) is 2.97. The number of anilines is 3. The number of nitrogens with one attached hydrogen (secondary N) is 4. The van der Waals surface area contributed by atoms with Gasteiger partial charge in [-0.15, -0.1) is 0 Å². The Morgan fingerprint density at radius 1 is 0.688 bits per heavy atom. The molecule has 4 aromatic rings. The van der Waals surface area contributed by atoms with E-state index in [0.717, 1.165) is 5.56 Å². The Bertz CT molecular complexity index is 1190. The summed E-state index contributed by atoms with van der Waals surface area (Å²) in [6.45, 7) is 0.184. The summed E-state index contributed by atoms with van der Waals surface area (Å²) in [5.41, 5.74) is 3.39. The van der Waals surface area contributed by atoms with E-state index in [1.54, 1.807) is 42.5 Å². The van der Waals surface area contributed by atoms with Crippen LogP contribution in [0.5, 0.6) is 0 Å². The van der Waals surface area contributed by atoms with Gasteiger partial charge >= 0.3 is 12.1 Å². The van der Waals surface area contributed by atoms with Gasteiger partial charge in [0.05, 0.1) is 6.54 Å². The maximum Gasteiger partial charge on any atom is 0.323 e. The highest BCUT2D eigenvalue weighted by Gasteiger charge is 2.09. The average Bonchev–Trinajstić information content (AvgIpc) is 3.28. The fourth-order valence-electron chi connectivity index (χ4n) is 2.97. The number of hydrogen-bond acceptors (Lipinski definition) is 4. The number of para-hydroxylation sites is 1. The molecule has 0 atom stereocenters. The van der Waals surface area contributed by atoms with Crippen LogP contribution >= 0.6 is 0 Å². The molecular weight excluding hydrogens is 406 g/mol. The van der Waals surface area contributed by atoms with E-state index in [1.807, 2.05) is 48.5 Å². The molecule has 1 aromatic heterocycles. The van der Waals surface area contributed by atoms with E-state index >= 15 is 0 Å². The minimum Gasteiger partial charge on any atom is -0.359 e. The van der Waals surface area contributed by atoms with Crippen LogP contribution in [0.1, 0.15) is 5.76 Å². The number of nitrogens with zero attached hydrogens (tertiary/aromatic N) is 1. The number of carbonyl (C=O) groups excluding carboxylic acids is 2. The van der Waals surface area contributed by atoms with Crippen LogP contribution in [0.3, 0.4) is 0 Å². The van der Waals surface area contributed by atoms with Crippen molar-refractivity contribution < 1.29 is 14.1 Å². The number of rotatable bonds is 6. The molecule has 3 aromatic carbocycles. The Hall–Kier alpha value is -4.59. The molecule has 0 radical (unpaired) electrons. The highest BCUT2D eigenvalue weighted by molar-refractivity contribution is 6.00. The molecule has 0 aliphatic rings. The summed E-state index contributed by atoms with van der Waals surface area (Å²) in [6.07, 6.45) is 0. The van der Waals surface area contributed by atoms with Crippen LogP contribution in [0.2, 0.25) is 0 Å². The first-order chi connectivity index (χ1) is 15.7. The van der Waals surface area contributed by atoms with E-state index in [-0.39, 0.29) is 12.6 Å². The smallest absolute Gasteiger partial charge is 0.323 e. The Labute approximate surface area is 184 Å². The predicted molar refractivity (Wildman–Crippen MR) is 123 cm³/mol. The lowest BCUT2D eigenvalue weighted by Gasteiger charge is -2.10. The van der Waals surface area contributed by atoms with Crippen molar-refractivity contribution in [1.82, 2.24) is 10.5 Å². The summed E-state index contributed by atoms with van der Waals surface area (Å²) < 4.78 is 5.28. The number of carbonyl (C=O) groups is 2. The van der Waals surface area contributed by atoms with Crippen LogP contribution in [0, 0.1) is 0 Å². The number of benzene rings is 3. The first-order valence-electron chi connectivity index (χ1n) is 9.95. The van der Waals surface area contributed by atoms with Gasteiger partial charge in [0.1, 0.15) is 5.69 Å². The standard InChI is InChI=1S/C24H21N5O3/c30-23(25-16-21-15-22(29-32-21)17-8-3-1-4-9-17)27-19-12-7-13-20(14-19)28-24(31)26-18-10-5-2-6-11-18/h1-15H,16H2,(H2,25,27,30)(H2,26,28,31). The van der Waals surface area contributed by atoms with Crippen molar-refractivity contribution in [3.8, 4) is 11.3 Å². The zero-order valence-electron chi connectivity index (χ0n) is 17.0. The van der Waals surface area contributed by atoms with Crippen molar-refractivity contribution in [3.05, 3.63) is 96.8 Å². The molecule has 0 unspecified atom stereocenters. The quantitative estimate of drug-likeness (QED) is 0.334. The van der Waals surface area contributed by atoms with Crippen molar-refractivity contribution in [1.29, 1.82) is 0 Å². The minimum atomic E-state index is -0.409. The lowest BCUT2D eigenvalue weighted by Crippen LogP contribution is -2.28. The van der Waals surface area contributed by atoms with Gasteiger partial charge in [0.15, 0.2) is 5.76 Å². The number of aromatic nitrogens is 1. The molecule has 0 aliphatic carbocycles. The fraction of sp³-hybridized carbons (Fsp3) is 0.0417. The van der Waals surface area contributed by atoms with Gasteiger partial charge in [-0.3, -0.25) is 0 Å². The highest BCUT2D eigenvalue weighted by atomic mass is 16.5. The van der Waals surface area contributed by atoms with E-state index in [1.165, 1.54) is 0 Å². The summed E-state index contributed by atoms with van der Waals surface area (Å²) in [4.78, 5) is 24.4. The van der Waals surface area contributed by atoms with Gasteiger partial charge in [-0.2, -0.15) is 0 Å². The van der Waals surface area contributed by atoms with Gasteiger partial charge in [-0.05, 0) is 30.3 Å². The first kappa shape index (κ1) is 20.7. The molecule has 4 N–H and O–H groups in total. The normalized spacial score (nSPS) is 10.2. The van der Waals surface area contributed by atoms with Gasteiger partial charge in [0.2, 0.25) is 0 Å². The first-order valence-corrected chi connectivity index (χ1v) is 9.95. The Kier molecular flexibility index (Phi) is 6.42. The molecule has 0 saturated carbocycles. The maximum atomic E-state index is 12.3. The van der Waals surface area contributed by atoms with E-state index in [0.29, 0.717) is 28.5 Å². The lowest BCUT2D eigenvalue weighted by molar-refractivity contribution is 0.250. The van der Waals surface area contributed by atoms with E-state index in [2.05, 4.69) is 26.4 Å². The molecule has 0 fully saturated rings. The van der Waals surface area contributed by atoms with Crippen molar-refractivity contribution >= 4 is 29.1 Å². The van der Waals surface area contributed by atoms with E-state index < -0.39 is 6.03 Å². The molecule has 32 heavy (non-hydrogen) atoms. The Morgan fingerprint density at radius 3 is 2.00 bits per heavy atom. The molecule has 0 saturated heterocycles. The molecule has 0 spiro atoms. The van der Waals surface area contributed by atoms with E-state index in [9.17, 15) is 9.59 Å². The second kappa shape index (κ2) is 9.94. The lowest BCUT2D eigenvalue weighted by atomic mass is 10.1. The summed E-state index contributed by atoms with van der Waals surface area (Å²) in [7, 11) is 0. The predicted octanol–water partition coefficient (Wildman–Crippen LogP) is 5.31. The topological polar surface area (TPSA) is 108 Å². The molecule has 1 heterocycles. The van der Waals surface area contributed by atoms with Crippen molar-refractivity contribution in [2.24, 2.45) is 0 Å². The summed E-state index contributed by atoms with van der Waals surface area (Å²) in [5.74, 6) is 0.534. The third kappa shape index (κ3) is 5.73. The van der Waals surface area contributed by atoms with E-state index in [4.69, 9.17) is 4.52 Å². The van der Waals surface area contributed by atoms with Crippen molar-refractivity contribution in [2.45, 2.75) is 6.54 Å². The Morgan fingerprint density at radius 2 is 1.28 bits per heavy atom. The van der Waals surface area contributed by atoms with Gasteiger partial charge in [0.25, 0.3) is 0 Å². The summed E-state index contributed by atoms with van der Waals surface area (Å²) in [5, 5.41) is 14.9. The molecule has 160 valence electrons. The number of amides is 4. The zero-order valence-corrected chi connectivity index (χ0v) is 17.0. The van der Waals surface area contributed by atoms with Gasteiger partial charge < -0.3 is 25.8 Å². The summed E-state index contributed by atoms with van der Waals surface area (Å²) in [6, 6.07) is 26.6. The van der Waals surface area contributed by atoms with Crippen LogP contribution in [0.4, 0.5) is 26.7 Å². The highest BCUT2D eigenvalue weighted by Crippen LogP contribution is 2.19. The second-order valence-electron chi connectivity index (χ2n) is 6.88. The van der Waals surface area contributed by atoms with Crippen LogP contribution < -0.4 is 21.3 Å². The number of urea groups is 2. The second-order valence-corrected chi connectivity index (χ2v) is 6.88. The third-order valence-corrected chi connectivity index (χ3v) is 4.46. The third-order valence-electron chi connectivity index (χ3n) is 4.46. The molecule has 4 amide bonds. The molecule has 8 heteroatoms. The van der Waals surface area contributed by atoms with Crippen LogP contribution in [0.25, 0.3) is 11.3 Å². The largest absolute Gasteiger partial charge is 0.359 e. The molecule has 0 aliphatic heterocycles. The van der Waals surface area contributed by atoms with Gasteiger partial charge in [-0.25, -0.2) is 9.59 Å². The molecule has 8 nitrogen and oxygen atoms in total. The maximum absolute atomic E-state index is 12.3. The Balaban J connectivity index is 1.28. The average molecular weight is 427 g/mol. The van der Waals surface area contributed by atoms with Crippen LogP contribution in [-0.2, 0) is 6.54 Å². The van der Waals surface area contributed by atoms with Crippen LogP contribution in [-0.4, -0.2) is 17.2 Å². The zero-order chi connectivity index (χ0) is 22.2. The molecular formula is C24H21N5O3. The molecule has 0 bridgehead atoms. The minimum absolute atomic E-state index is 0.184. The van der Waals surface area contributed by atoms with Crippen LogP contribution in [0.15, 0.2) is 95.5 Å².